The number of unbranched alkanes of at least 4 members (excludes halogenated alkanes) is 1. The van der Waals surface area contributed by atoms with Gasteiger partial charge in [0.1, 0.15) is 5.54 Å². The summed E-state index contributed by atoms with van der Waals surface area (Å²) in [7, 11) is 0. The van der Waals surface area contributed by atoms with Gasteiger partial charge in [0, 0.05) is 26.2 Å². The Bertz CT molecular complexity index is 695. The van der Waals surface area contributed by atoms with Gasteiger partial charge in [-0.15, -0.1) is 0 Å². The third kappa shape index (κ3) is 4.64. The lowest BCUT2D eigenvalue weighted by atomic mass is 9.82. The van der Waals surface area contributed by atoms with E-state index in [1.807, 2.05) is 4.90 Å². The summed E-state index contributed by atoms with van der Waals surface area (Å²) >= 11 is 0. The number of carbonyl (C=O) groups excluding carboxylic acids is 2. The van der Waals surface area contributed by atoms with E-state index < -0.39 is 5.54 Å². The molecule has 1 atom stereocenters. The second-order valence-corrected chi connectivity index (χ2v) is 8.64. The van der Waals surface area contributed by atoms with E-state index in [-0.39, 0.29) is 24.5 Å². The van der Waals surface area contributed by atoms with E-state index in [4.69, 9.17) is 4.74 Å². The Morgan fingerprint density at radius 3 is 2.62 bits per heavy atom. The number of piperazine rings is 1. The molecule has 3 heterocycles. The van der Waals surface area contributed by atoms with Gasteiger partial charge in [-0.25, -0.2) is 0 Å². The van der Waals surface area contributed by atoms with Gasteiger partial charge in [-0.2, -0.15) is 0 Å². The Morgan fingerprint density at radius 1 is 1.10 bits per heavy atom. The van der Waals surface area contributed by atoms with E-state index in [0.717, 1.165) is 64.8 Å². The van der Waals surface area contributed by atoms with Gasteiger partial charge in [0.2, 0.25) is 11.8 Å². The van der Waals surface area contributed by atoms with Crippen LogP contribution in [0.15, 0.2) is 30.3 Å². The van der Waals surface area contributed by atoms with E-state index in [9.17, 15) is 9.59 Å². The van der Waals surface area contributed by atoms with Crippen LogP contribution in [-0.2, 0) is 20.7 Å². The molecule has 1 aromatic carbocycles. The zero-order chi connectivity index (χ0) is 20.1. The highest BCUT2D eigenvalue weighted by molar-refractivity contribution is 5.98. The number of hydrogen-bond acceptors (Lipinski definition) is 4. The van der Waals surface area contributed by atoms with E-state index in [0.29, 0.717) is 6.54 Å². The largest absolute Gasteiger partial charge is 0.376 e. The molecule has 3 fully saturated rings. The van der Waals surface area contributed by atoms with Crippen LogP contribution in [0.4, 0.5) is 0 Å². The van der Waals surface area contributed by atoms with Crippen molar-refractivity contribution < 1.29 is 14.3 Å². The highest BCUT2D eigenvalue weighted by atomic mass is 16.5. The average Bonchev–Trinajstić information content (AvgIpc) is 3.27. The molecule has 0 aromatic heterocycles. The molecule has 0 aliphatic carbocycles. The maximum atomic E-state index is 12.9. The number of ether oxygens (including phenoxy) is 1. The molecule has 2 amide bonds. The molecule has 6 nitrogen and oxygen atoms in total. The fraction of sp³-hybridized carbons (Fsp3) is 0.652. The van der Waals surface area contributed by atoms with Crippen molar-refractivity contribution in [2.75, 3.05) is 39.3 Å². The molecule has 0 bridgehead atoms. The first-order valence-electron chi connectivity index (χ1n) is 11.1. The summed E-state index contributed by atoms with van der Waals surface area (Å²) in [6.45, 7) is 4.24. The number of piperidine rings is 1. The molecule has 3 aliphatic rings. The zero-order valence-electron chi connectivity index (χ0n) is 17.3. The molecule has 1 aromatic rings. The number of nitrogens with one attached hydrogen (secondary N) is 1. The summed E-state index contributed by atoms with van der Waals surface area (Å²) in [5, 5.41) is 2.84. The number of carbonyl (C=O) groups is 2. The predicted molar refractivity (Wildman–Crippen MR) is 111 cm³/mol. The first-order chi connectivity index (χ1) is 14.2. The Labute approximate surface area is 173 Å². The normalized spacial score (nSPS) is 24.8. The quantitative estimate of drug-likeness (QED) is 0.713. The first kappa shape index (κ1) is 20.4. The van der Waals surface area contributed by atoms with Crippen molar-refractivity contribution in [3.05, 3.63) is 35.9 Å². The van der Waals surface area contributed by atoms with E-state index >= 15 is 0 Å². The van der Waals surface area contributed by atoms with Gasteiger partial charge in [0.15, 0.2) is 0 Å². The number of aryl methyl sites for hydroxylation is 1. The van der Waals surface area contributed by atoms with Crippen LogP contribution in [-0.4, -0.2) is 72.6 Å². The van der Waals surface area contributed by atoms with Crippen LogP contribution in [0.3, 0.4) is 0 Å². The molecule has 158 valence electrons. The number of amides is 2. The second kappa shape index (κ2) is 9.26. The van der Waals surface area contributed by atoms with Crippen molar-refractivity contribution in [2.45, 2.75) is 56.6 Å². The zero-order valence-corrected chi connectivity index (χ0v) is 17.3. The van der Waals surface area contributed by atoms with Crippen LogP contribution in [0.5, 0.6) is 0 Å². The highest BCUT2D eigenvalue weighted by Gasteiger charge is 2.51. The van der Waals surface area contributed by atoms with E-state index in [1.165, 1.54) is 12.0 Å². The van der Waals surface area contributed by atoms with Crippen LogP contribution in [0.1, 0.15) is 44.1 Å². The molecule has 1 unspecified atom stereocenters. The molecule has 0 radical (unpaired) electrons. The monoisotopic (exact) mass is 399 g/mol. The first-order valence-corrected chi connectivity index (χ1v) is 11.1. The molecule has 3 aliphatic heterocycles. The van der Waals surface area contributed by atoms with Gasteiger partial charge < -0.3 is 19.9 Å². The third-order valence-corrected chi connectivity index (χ3v) is 6.77. The fourth-order valence-corrected chi connectivity index (χ4v) is 5.00. The number of benzene rings is 1. The maximum Gasteiger partial charge on any atom is 0.246 e. The SMILES string of the molecule is O=C1CNC(=O)C2(CCN(CCCCc3ccccc3)CC2)N1CC1CCCO1. The Morgan fingerprint density at radius 2 is 1.90 bits per heavy atom. The Hall–Kier alpha value is -1.92. The summed E-state index contributed by atoms with van der Waals surface area (Å²) in [6, 6.07) is 10.6. The van der Waals surface area contributed by atoms with Gasteiger partial charge in [0.25, 0.3) is 0 Å². The third-order valence-electron chi connectivity index (χ3n) is 6.77. The minimum Gasteiger partial charge on any atom is -0.376 e. The van der Waals surface area contributed by atoms with Crippen molar-refractivity contribution >= 4 is 11.8 Å². The van der Waals surface area contributed by atoms with Gasteiger partial charge in [-0.3, -0.25) is 9.59 Å². The van der Waals surface area contributed by atoms with E-state index in [2.05, 4.69) is 40.5 Å². The summed E-state index contributed by atoms with van der Waals surface area (Å²) in [5.74, 6) is 0.0650. The molecule has 4 rings (SSSR count). The lowest BCUT2D eigenvalue weighted by Crippen LogP contribution is -2.70. The van der Waals surface area contributed by atoms with Gasteiger partial charge in [-0.1, -0.05) is 30.3 Å². The molecule has 1 spiro atoms. The lowest BCUT2D eigenvalue weighted by molar-refractivity contribution is -0.159. The second-order valence-electron chi connectivity index (χ2n) is 8.64. The Balaban J connectivity index is 1.29. The van der Waals surface area contributed by atoms with E-state index in [1.54, 1.807) is 0 Å². The minimum absolute atomic E-state index is 0.0267. The smallest absolute Gasteiger partial charge is 0.246 e. The molecule has 6 heteroatoms. The van der Waals surface area contributed by atoms with Crippen molar-refractivity contribution in [3.8, 4) is 0 Å². The molecular formula is C23H33N3O3. The van der Waals surface area contributed by atoms with Crippen LogP contribution in [0.2, 0.25) is 0 Å². The van der Waals surface area contributed by atoms with Crippen LogP contribution in [0, 0.1) is 0 Å². The average molecular weight is 400 g/mol. The van der Waals surface area contributed by atoms with Crippen LogP contribution >= 0.6 is 0 Å². The summed E-state index contributed by atoms with van der Waals surface area (Å²) < 4.78 is 5.76. The summed E-state index contributed by atoms with van der Waals surface area (Å²) in [6.07, 6.45) is 6.99. The summed E-state index contributed by atoms with van der Waals surface area (Å²) in [4.78, 5) is 29.8. The molecular weight excluding hydrogens is 366 g/mol. The number of hydrogen-bond donors (Lipinski definition) is 1. The number of nitrogens with zero attached hydrogens (tertiary/aromatic N) is 2. The van der Waals surface area contributed by atoms with Crippen molar-refractivity contribution in [3.63, 3.8) is 0 Å². The fourth-order valence-electron chi connectivity index (χ4n) is 5.00. The molecule has 3 saturated heterocycles. The Kier molecular flexibility index (Phi) is 6.50. The minimum atomic E-state index is -0.679. The highest BCUT2D eigenvalue weighted by Crippen LogP contribution is 2.33. The summed E-state index contributed by atoms with van der Waals surface area (Å²) in [5.41, 5.74) is 0.717. The van der Waals surface area contributed by atoms with Crippen LogP contribution < -0.4 is 5.32 Å². The number of likely N-dealkylation sites (tertiary alicyclic amines) is 1. The van der Waals surface area contributed by atoms with Gasteiger partial charge >= 0.3 is 0 Å². The molecule has 29 heavy (non-hydrogen) atoms. The van der Waals surface area contributed by atoms with Gasteiger partial charge in [0.05, 0.1) is 12.6 Å². The standard InChI is InChI=1S/C23H33N3O3/c27-21-17-24-22(28)23(26(21)18-20-10-6-16-29-20)11-14-25(15-12-23)13-5-4-9-19-7-2-1-3-8-19/h1-3,7-8,20H,4-6,9-18H2,(H,24,28). The van der Waals surface area contributed by atoms with Crippen molar-refractivity contribution in [2.24, 2.45) is 0 Å². The molecule has 0 saturated carbocycles. The lowest BCUT2D eigenvalue weighted by Gasteiger charge is -2.50. The predicted octanol–water partition coefficient (Wildman–Crippen LogP) is 1.98. The van der Waals surface area contributed by atoms with Crippen LogP contribution in [0.25, 0.3) is 0 Å². The van der Waals surface area contributed by atoms with Crippen molar-refractivity contribution in [1.29, 1.82) is 0 Å². The maximum absolute atomic E-state index is 12.9. The molecule has 1 N–H and O–H groups in total. The topological polar surface area (TPSA) is 61.9 Å². The number of rotatable bonds is 7. The van der Waals surface area contributed by atoms with Crippen molar-refractivity contribution in [1.82, 2.24) is 15.1 Å². The van der Waals surface area contributed by atoms with Gasteiger partial charge in [-0.05, 0) is 57.1 Å².